The highest BCUT2D eigenvalue weighted by Crippen LogP contribution is 2.29. The SMILES string of the molecule is CCOc1cc(C)ncc1-c1nc2ccc(C#N)cc2[nH]1. The molecule has 0 amide bonds. The zero-order valence-electron chi connectivity index (χ0n) is 11.8. The zero-order chi connectivity index (χ0) is 14.8. The summed E-state index contributed by atoms with van der Waals surface area (Å²) in [5.74, 6) is 1.45. The van der Waals surface area contributed by atoms with Crippen molar-refractivity contribution in [2.75, 3.05) is 6.61 Å². The van der Waals surface area contributed by atoms with Crippen LogP contribution in [-0.4, -0.2) is 21.6 Å². The number of ether oxygens (including phenoxy) is 1. The number of hydrogen-bond donors (Lipinski definition) is 1. The number of pyridine rings is 1. The fraction of sp³-hybridized carbons (Fsp3) is 0.188. The number of nitriles is 1. The standard InChI is InChI=1S/C16H14N4O/c1-3-21-15-6-10(2)18-9-12(15)16-19-13-5-4-11(8-17)7-14(13)20-16/h4-7,9H,3H2,1-2H3,(H,19,20). The summed E-state index contributed by atoms with van der Waals surface area (Å²) >= 11 is 0. The summed E-state index contributed by atoms with van der Waals surface area (Å²) in [6, 6.07) is 9.39. The van der Waals surface area contributed by atoms with Gasteiger partial charge in [0.2, 0.25) is 0 Å². The van der Waals surface area contributed by atoms with Crippen LogP contribution < -0.4 is 4.74 Å². The lowest BCUT2D eigenvalue weighted by Gasteiger charge is -2.08. The summed E-state index contributed by atoms with van der Waals surface area (Å²) < 4.78 is 5.66. The minimum atomic E-state index is 0.579. The largest absolute Gasteiger partial charge is 0.493 e. The van der Waals surface area contributed by atoms with Gasteiger partial charge in [-0.2, -0.15) is 5.26 Å². The molecule has 2 aromatic heterocycles. The van der Waals surface area contributed by atoms with E-state index in [4.69, 9.17) is 10.00 Å². The van der Waals surface area contributed by atoms with Crippen molar-refractivity contribution in [3.05, 3.63) is 41.7 Å². The van der Waals surface area contributed by atoms with Crippen LogP contribution in [0.3, 0.4) is 0 Å². The number of H-pyrrole nitrogens is 1. The van der Waals surface area contributed by atoms with Gasteiger partial charge >= 0.3 is 0 Å². The van der Waals surface area contributed by atoms with E-state index in [1.54, 1.807) is 18.3 Å². The van der Waals surface area contributed by atoms with E-state index in [0.29, 0.717) is 18.0 Å². The highest BCUT2D eigenvalue weighted by Gasteiger charge is 2.12. The fourth-order valence-electron chi connectivity index (χ4n) is 2.19. The Hall–Kier alpha value is -2.87. The van der Waals surface area contributed by atoms with Crippen LogP contribution in [0.1, 0.15) is 18.2 Å². The van der Waals surface area contributed by atoms with E-state index in [0.717, 1.165) is 28.0 Å². The van der Waals surface area contributed by atoms with Crippen LogP contribution in [0.15, 0.2) is 30.5 Å². The molecule has 0 unspecified atom stereocenters. The normalized spacial score (nSPS) is 10.5. The molecule has 0 radical (unpaired) electrons. The lowest BCUT2D eigenvalue weighted by atomic mass is 10.2. The Morgan fingerprint density at radius 1 is 1.33 bits per heavy atom. The number of aromatic nitrogens is 3. The summed E-state index contributed by atoms with van der Waals surface area (Å²) in [5, 5.41) is 8.95. The average molecular weight is 278 g/mol. The van der Waals surface area contributed by atoms with E-state index in [1.165, 1.54) is 0 Å². The quantitative estimate of drug-likeness (QED) is 0.798. The molecule has 5 heteroatoms. The van der Waals surface area contributed by atoms with E-state index in [1.807, 2.05) is 26.0 Å². The molecule has 21 heavy (non-hydrogen) atoms. The van der Waals surface area contributed by atoms with Gasteiger partial charge in [-0.3, -0.25) is 4.98 Å². The molecule has 1 N–H and O–H groups in total. The highest BCUT2D eigenvalue weighted by atomic mass is 16.5. The van der Waals surface area contributed by atoms with Crippen molar-refractivity contribution in [2.45, 2.75) is 13.8 Å². The lowest BCUT2D eigenvalue weighted by Crippen LogP contribution is -1.97. The molecule has 104 valence electrons. The Labute approximate surface area is 122 Å². The molecular formula is C16H14N4O. The maximum atomic E-state index is 8.95. The molecule has 0 aliphatic carbocycles. The predicted octanol–water partition coefficient (Wildman–Crippen LogP) is 3.20. The maximum absolute atomic E-state index is 8.95. The van der Waals surface area contributed by atoms with Gasteiger partial charge in [0.15, 0.2) is 0 Å². The second-order valence-electron chi connectivity index (χ2n) is 4.68. The molecule has 0 saturated heterocycles. The van der Waals surface area contributed by atoms with Gasteiger partial charge in [0.05, 0.1) is 34.8 Å². The van der Waals surface area contributed by atoms with Gasteiger partial charge < -0.3 is 9.72 Å². The molecule has 0 aliphatic heterocycles. The van der Waals surface area contributed by atoms with Crippen LogP contribution in [-0.2, 0) is 0 Å². The number of hydrogen-bond acceptors (Lipinski definition) is 4. The highest BCUT2D eigenvalue weighted by molar-refractivity contribution is 5.81. The zero-order valence-corrected chi connectivity index (χ0v) is 11.8. The van der Waals surface area contributed by atoms with Gasteiger partial charge in [-0.1, -0.05) is 0 Å². The van der Waals surface area contributed by atoms with Crippen LogP contribution in [0.4, 0.5) is 0 Å². The molecule has 0 aliphatic rings. The average Bonchev–Trinajstić information content (AvgIpc) is 2.90. The van der Waals surface area contributed by atoms with E-state index in [9.17, 15) is 0 Å². The predicted molar refractivity (Wildman–Crippen MR) is 79.9 cm³/mol. The van der Waals surface area contributed by atoms with Crippen LogP contribution in [0.5, 0.6) is 5.75 Å². The molecular weight excluding hydrogens is 264 g/mol. The number of aromatic amines is 1. The second kappa shape index (κ2) is 5.25. The van der Waals surface area contributed by atoms with E-state index >= 15 is 0 Å². The van der Waals surface area contributed by atoms with Gasteiger partial charge in [0.25, 0.3) is 0 Å². The maximum Gasteiger partial charge on any atom is 0.143 e. The van der Waals surface area contributed by atoms with Crippen LogP contribution in [0, 0.1) is 18.3 Å². The van der Waals surface area contributed by atoms with Crippen molar-refractivity contribution in [3.8, 4) is 23.2 Å². The van der Waals surface area contributed by atoms with Crippen molar-refractivity contribution in [1.29, 1.82) is 5.26 Å². The first-order valence-corrected chi connectivity index (χ1v) is 6.71. The number of fused-ring (bicyclic) bond motifs is 1. The molecule has 5 nitrogen and oxygen atoms in total. The Balaban J connectivity index is 2.14. The molecule has 0 bridgehead atoms. The molecule has 2 heterocycles. The number of rotatable bonds is 3. The number of benzene rings is 1. The number of aryl methyl sites for hydroxylation is 1. The Morgan fingerprint density at radius 3 is 2.95 bits per heavy atom. The molecule has 0 saturated carbocycles. The molecule has 3 aromatic rings. The summed E-state index contributed by atoms with van der Waals surface area (Å²) in [5.41, 5.74) is 3.95. The second-order valence-corrected chi connectivity index (χ2v) is 4.68. The summed E-state index contributed by atoms with van der Waals surface area (Å²) in [4.78, 5) is 12.1. The summed E-state index contributed by atoms with van der Waals surface area (Å²) in [6.07, 6.45) is 1.75. The first kappa shape index (κ1) is 13.1. The Bertz CT molecular complexity index is 845. The number of nitrogens with one attached hydrogen (secondary N) is 1. The Kier molecular flexibility index (Phi) is 3.28. The van der Waals surface area contributed by atoms with Crippen molar-refractivity contribution in [2.24, 2.45) is 0 Å². The van der Waals surface area contributed by atoms with E-state index in [2.05, 4.69) is 21.0 Å². The van der Waals surface area contributed by atoms with Gasteiger partial charge in [-0.25, -0.2) is 4.98 Å². The van der Waals surface area contributed by atoms with Crippen molar-refractivity contribution >= 4 is 11.0 Å². The van der Waals surface area contributed by atoms with E-state index in [-0.39, 0.29) is 0 Å². The third-order valence-electron chi connectivity index (χ3n) is 3.17. The monoisotopic (exact) mass is 278 g/mol. The van der Waals surface area contributed by atoms with Crippen LogP contribution in [0.2, 0.25) is 0 Å². The molecule has 1 aromatic carbocycles. The van der Waals surface area contributed by atoms with E-state index < -0.39 is 0 Å². The lowest BCUT2D eigenvalue weighted by molar-refractivity contribution is 0.341. The number of nitrogens with zero attached hydrogens (tertiary/aromatic N) is 3. The minimum absolute atomic E-state index is 0.579. The summed E-state index contributed by atoms with van der Waals surface area (Å²) in [7, 11) is 0. The first-order chi connectivity index (χ1) is 10.2. The van der Waals surface area contributed by atoms with Gasteiger partial charge in [0, 0.05) is 18.0 Å². The third kappa shape index (κ3) is 2.43. The van der Waals surface area contributed by atoms with Gasteiger partial charge in [-0.05, 0) is 32.0 Å². The van der Waals surface area contributed by atoms with Gasteiger partial charge in [0.1, 0.15) is 11.6 Å². The topological polar surface area (TPSA) is 74.6 Å². The molecule has 0 atom stereocenters. The van der Waals surface area contributed by atoms with Crippen molar-refractivity contribution in [1.82, 2.24) is 15.0 Å². The smallest absolute Gasteiger partial charge is 0.143 e. The van der Waals surface area contributed by atoms with Crippen LogP contribution in [0.25, 0.3) is 22.4 Å². The van der Waals surface area contributed by atoms with Crippen molar-refractivity contribution in [3.63, 3.8) is 0 Å². The molecule has 0 fully saturated rings. The molecule has 0 spiro atoms. The summed E-state index contributed by atoms with van der Waals surface area (Å²) in [6.45, 7) is 4.44. The number of imidazole rings is 1. The van der Waals surface area contributed by atoms with Crippen molar-refractivity contribution < 1.29 is 4.74 Å². The third-order valence-corrected chi connectivity index (χ3v) is 3.17. The first-order valence-electron chi connectivity index (χ1n) is 6.71. The fourth-order valence-corrected chi connectivity index (χ4v) is 2.19. The van der Waals surface area contributed by atoms with Crippen LogP contribution >= 0.6 is 0 Å². The minimum Gasteiger partial charge on any atom is -0.493 e. The Morgan fingerprint density at radius 2 is 2.19 bits per heavy atom. The van der Waals surface area contributed by atoms with Gasteiger partial charge in [-0.15, -0.1) is 0 Å². The molecule has 3 rings (SSSR count).